The predicted molar refractivity (Wildman–Crippen MR) is 58.1 cm³/mol. The molecule has 0 bridgehead atoms. The fourth-order valence-corrected chi connectivity index (χ4v) is 1.91. The van der Waals surface area contributed by atoms with Gasteiger partial charge in [0.05, 0.1) is 10.5 Å². The summed E-state index contributed by atoms with van der Waals surface area (Å²) in [5.41, 5.74) is 1.33. The van der Waals surface area contributed by atoms with Crippen LogP contribution in [0.25, 0.3) is 0 Å². The summed E-state index contributed by atoms with van der Waals surface area (Å²) >= 11 is 0. The average Bonchev–Trinajstić information content (AvgIpc) is 2.56. The van der Waals surface area contributed by atoms with Crippen molar-refractivity contribution in [1.82, 2.24) is 4.90 Å². The van der Waals surface area contributed by atoms with E-state index in [1.807, 2.05) is 6.92 Å². The highest BCUT2D eigenvalue weighted by atomic mass is 16.6. The standard InChI is InChI=1S/C11H12N2O3/c1-2-5-12-7-8-3-4-9(13(15)16)6-10(8)11(12)14/h3-4,6H,2,5,7H2,1H3. The van der Waals surface area contributed by atoms with Crippen LogP contribution in [0.5, 0.6) is 0 Å². The van der Waals surface area contributed by atoms with Crippen molar-refractivity contribution >= 4 is 11.6 Å². The molecule has 0 N–H and O–H groups in total. The number of non-ortho nitro benzene ring substituents is 1. The summed E-state index contributed by atoms with van der Waals surface area (Å²) in [4.78, 5) is 23.7. The Kier molecular flexibility index (Phi) is 2.60. The van der Waals surface area contributed by atoms with E-state index in [0.717, 1.165) is 12.0 Å². The minimum atomic E-state index is -0.476. The molecule has 1 aliphatic rings. The Bertz CT molecular complexity index is 457. The lowest BCUT2D eigenvalue weighted by atomic mass is 10.1. The highest BCUT2D eigenvalue weighted by Crippen LogP contribution is 2.26. The molecule has 0 fully saturated rings. The molecule has 0 spiro atoms. The van der Waals surface area contributed by atoms with Gasteiger partial charge in [-0.15, -0.1) is 0 Å². The Morgan fingerprint density at radius 1 is 1.50 bits per heavy atom. The van der Waals surface area contributed by atoms with E-state index in [2.05, 4.69) is 0 Å². The van der Waals surface area contributed by atoms with Gasteiger partial charge < -0.3 is 4.90 Å². The number of hydrogen-bond acceptors (Lipinski definition) is 3. The maximum atomic E-state index is 11.9. The third-order valence-electron chi connectivity index (χ3n) is 2.68. The number of rotatable bonds is 3. The molecule has 0 aliphatic carbocycles. The number of carbonyl (C=O) groups is 1. The van der Waals surface area contributed by atoms with Gasteiger partial charge in [0.15, 0.2) is 0 Å². The summed E-state index contributed by atoms with van der Waals surface area (Å²) in [6.07, 6.45) is 0.891. The molecule has 1 aromatic carbocycles. The summed E-state index contributed by atoms with van der Waals surface area (Å²) in [6, 6.07) is 4.48. The molecule has 1 heterocycles. The molecule has 84 valence electrons. The van der Waals surface area contributed by atoms with E-state index in [-0.39, 0.29) is 11.6 Å². The topological polar surface area (TPSA) is 63.4 Å². The molecule has 0 saturated carbocycles. The smallest absolute Gasteiger partial charge is 0.270 e. The number of amides is 1. The Balaban J connectivity index is 2.34. The fraction of sp³-hybridized carbons (Fsp3) is 0.364. The van der Waals surface area contributed by atoms with Crippen LogP contribution in [-0.4, -0.2) is 22.3 Å². The highest BCUT2D eigenvalue weighted by molar-refractivity contribution is 5.98. The molecule has 2 rings (SSSR count). The maximum absolute atomic E-state index is 11.9. The zero-order chi connectivity index (χ0) is 11.7. The molecule has 0 aromatic heterocycles. The molecule has 1 aliphatic heterocycles. The van der Waals surface area contributed by atoms with Crippen LogP contribution in [-0.2, 0) is 6.54 Å². The molecule has 0 saturated heterocycles. The van der Waals surface area contributed by atoms with Crippen LogP contribution >= 0.6 is 0 Å². The number of nitro benzene ring substituents is 1. The quantitative estimate of drug-likeness (QED) is 0.577. The molecule has 0 unspecified atom stereocenters. The Labute approximate surface area is 92.8 Å². The van der Waals surface area contributed by atoms with Crippen LogP contribution in [0.15, 0.2) is 18.2 Å². The molecular formula is C11H12N2O3. The highest BCUT2D eigenvalue weighted by Gasteiger charge is 2.28. The number of carbonyl (C=O) groups excluding carboxylic acids is 1. The average molecular weight is 220 g/mol. The minimum absolute atomic E-state index is 0.0227. The summed E-state index contributed by atoms with van der Waals surface area (Å²) in [5.74, 6) is -0.0967. The van der Waals surface area contributed by atoms with Crippen LogP contribution in [0.3, 0.4) is 0 Å². The summed E-state index contributed by atoms with van der Waals surface area (Å²) in [6.45, 7) is 3.26. The second kappa shape index (κ2) is 3.92. The van der Waals surface area contributed by atoms with E-state index in [9.17, 15) is 14.9 Å². The number of hydrogen-bond donors (Lipinski definition) is 0. The largest absolute Gasteiger partial charge is 0.334 e. The van der Waals surface area contributed by atoms with Crippen molar-refractivity contribution in [2.45, 2.75) is 19.9 Å². The first-order valence-corrected chi connectivity index (χ1v) is 5.20. The molecule has 5 nitrogen and oxygen atoms in total. The van der Waals surface area contributed by atoms with E-state index in [1.54, 1.807) is 11.0 Å². The van der Waals surface area contributed by atoms with Gasteiger partial charge in [0, 0.05) is 25.2 Å². The van der Waals surface area contributed by atoms with Gasteiger partial charge in [0.2, 0.25) is 0 Å². The van der Waals surface area contributed by atoms with Crippen molar-refractivity contribution in [3.63, 3.8) is 0 Å². The van der Waals surface area contributed by atoms with Crippen LogP contribution in [0, 0.1) is 10.1 Å². The van der Waals surface area contributed by atoms with Gasteiger partial charge in [-0.05, 0) is 18.1 Å². The van der Waals surface area contributed by atoms with Gasteiger partial charge >= 0.3 is 0 Å². The third kappa shape index (κ3) is 1.64. The zero-order valence-electron chi connectivity index (χ0n) is 8.97. The van der Waals surface area contributed by atoms with Crippen LogP contribution in [0.1, 0.15) is 29.3 Å². The molecular weight excluding hydrogens is 208 g/mol. The second-order valence-corrected chi connectivity index (χ2v) is 3.83. The third-order valence-corrected chi connectivity index (χ3v) is 2.68. The second-order valence-electron chi connectivity index (χ2n) is 3.83. The van der Waals surface area contributed by atoms with Crippen LogP contribution in [0.4, 0.5) is 5.69 Å². The summed E-state index contributed by atoms with van der Waals surface area (Å²) in [5, 5.41) is 10.6. The van der Waals surface area contributed by atoms with Gasteiger partial charge in [-0.3, -0.25) is 14.9 Å². The van der Waals surface area contributed by atoms with Crippen molar-refractivity contribution < 1.29 is 9.72 Å². The monoisotopic (exact) mass is 220 g/mol. The summed E-state index contributed by atoms with van der Waals surface area (Å²) in [7, 11) is 0. The molecule has 0 atom stereocenters. The molecule has 5 heteroatoms. The molecule has 0 radical (unpaired) electrons. The number of nitro groups is 1. The molecule has 1 amide bonds. The Hall–Kier alpha value is -1.91. The van der Waals surface area contributed by atoms with Gasteiger partial charge in [-0.2, -0.15) is 0 Å². The van der Waals surface area contributed by atoms with Crippen molar-refractivity contribution in [3.05, 3.63) is 39.4 Å². The van der Waals surface area contributed by atoms with Crippen molar-refractivity contribution in [2.75, 3.05) is 6.54 Å². The predicted octanol–water partition coefficient (Wildman–Crippen LogP) is 1.96. The lowest BCUT2D eigenvalue weighted by molar-refractivity contribution is -0.384. The summed E-state index contributed by atoms with van der Waals surface area (Å²) < 4.78 is 0. The van der Waals surface area contributed by atoms with E-state index >= 15 is 0 Å². The molecule has 16 heavy (non-hydrogen) atoms. The number of fused-ring (bicyclic) bond motifs is 1. The van der Waals surface area contributed by atoms with Crippen molar-refractivity contribution in [3.8, 4) is 0 Å². The first kappa shape index (κ1) is 10.6. The Morgan fingerprint density at radius 2 is 2.25 bits per heavy atom. The van der Waals surface area contributed by atoms with Gasteiger partial charge in [0.1, 0.15) is 0 Å². The van der Waals surface area contributed by atoms with Crippen molar-refractivity contribution in [1.29, 1.82) is 0 Å². The first-order chi connectivity index (χ1) is 7.63. The SMILES string of the molecule is CCCN1Cc2ccc([N+](=O)[O-])cc2C1=O. The first-order valence-electron chi connectivity index (χ1n) is 5.20. The number of nitrogens with zero attached hydrogens (tertiary/aromatic N) is 2. The molecule has 1 aromatic rings. The lowest BCUT2D eigenvalue weighted by Gasteiger charge is -2.13. The normalized spacial score (nSPS) is 14.1. The fourth-order valence-electron chi connectivity index (χ4n) is 1.91. The van der Waals surface area contributed by atoms with Crippen LogP contribution in [0.2, 0.25) is 0 Å². The van der Waals surface area contributed by atoms with E-state index in [1.165, 1.54) is 12.1 Å². The van der Waals surface area contributed by atoms with Crippen molar-refractivity contribution in [2.24, 2.45) is 0 Å². The van der Waals surface area contributed by atoms with E-state index < -0.39 is 4.92 Å². The minimum Gasteiger partial charge on any atom is -0.334 e. The zero-order valence-corrected chi connectivity index (χ0v) is 8.97. The Morgan fingerprint density at radius 3 is 2.88 bits per heavy atom. The van der Waals surface area contributed by atoms with E-state index in [4.69, 9.17) is 0 Å². The number of benzene rings is 1. The van der Waals surface area contributed by atoms with E-state index in [0.29, 0.717) is 18.7 Å². The van der Waals surface area contributed by atoms with Gasteiger partial charge in [-0.25, -0.2) is 0 Å². The maximum Gasteiger partial charge on any atom is 0.270 e. The van der Waals surface area contributed by atoms with Gasteiger partial charge in [-0.1, -0.05) is 6.92 Å². The van der Waals surface area contributed by atoms with Gasteiger partial charge in [0.25, 0.3) is 11.6 Å². The van der Waals surface area contributed by atoms with Crippen LogP contribution < -0.4 is 0 Å². The lowest BCUT2D eigenvalue weighted by Crippen LogP contribution is -2.24.